The Bertz CT molecular complexity index is 649. The number of amides is 1. The molecule has 1 heterocycles. The predicted molar refractivity (Wildman–Crippen MR) is 93.2 cm³/mol. The maximum Gasteiger partial charge on any atom is 0.262 e. The number of hydrogen-bond donors (Lipinski definition) is 2. The highest BCUT2D eigenvalue weighted by Gasteiger charge is 2.10. The molecular formula is C17H20ClN3O2. The molecule has 5 nitrogen and oxygen atoms in total. The molecule has 0 fully saturated rings. The number of nitrogens with one attached hydrogen (secondary N) is 2. The largest absolute Gasteiger partial charge is 0.484 e. The molecule has 2 rings (SSSR count). The summed E-state index contributed by atoms with van der Waals surface area (Å²) in [6.07, 6.45) is 1.61. The lowest BCUT2D eigenvalue weighted by Gasteiger charge is -2.21. The van der Waals surface area contributed by atoms with Gasteiger partial charge in [0.2, 0.25) is 0 Å². The summed E-state index contributed by atoms with van der Waals surface area (Å²) in [6.45, 7) is 6.08. The Morgan fingerprint density at radius 2 is 1.87 bits per heavy atom. The molecule has 6 heteroatoms. The zero-order valence-electron chi connectivity index (χ0n) is 13.4. The van der Waals surface area contributed by atoms with E-state index >= 15 is 0 Å². The summed E-state index contributed by atoms with van der Waals surface area (Å²) in [5.41, 5.74) is 0.554. The summed E-state index contributed by atoms with van der Waals surface area (Å²) in [5, 5.41) is 6.61. The SMILES string of the molecule is CC(C)(C)Nc1ccc(NC(=O)COc2ccc(Cl)cc2)cn1. The van der Waals surface area contributed by atoms with E-state index in [4.69, 9.17) is 16.3 Å². The molecule has 0 aliphatic rings. The van der Waals surface area contributed by atoms with Gasteiger partial charge in [0, 0.05) is 10.6 Å². The van der Waals surface area contributed by atoms with E-state index in [1.54, 1.807) is 36.5 Å². The molecule has 0 bridgehead atoms. The average Bonchev–Trinajstić information content (AvgIpc) is 2.47. The molecule has 0 unspecified atom stereocenters. The van der Waals surface area contributed by atoms with E-state index in [2.05, 4.69) is 36.4 Å². The second kappa shape index (κ2) is 7.33. The van der Waals surface area contributed by atoms with Crippen molar-refractivity contribution in [2.75, 3.05) is 17.2 Å². The number of benzene rings is 1. The second-order valence-electron chi connectivity index (χ2n) is 6.10. The Labute approximate surface area is 141 Å². The second-order valence-corrected chi connectivity index (χ2v) is 6.53. The first-order chi connectivity index (χ1) is 10.8. The molecule has 1 aromatic carbocycles. The molecule has 1 aromatic heterocycles. The number of hydrogen-bond acceptors (Lipinski definition) is 4. The molecule has 0 saturated carbocycles. The number of pyridine rings is 1. The lowest BCUT2D eigenvalue weighted by atomic mass is 10.1. The normalized spacial score (nSPS) is 11.0. The minimum atomic E-state index is -0.252. The van der Waals surface area contributed by atoms with Gasteiger partial charge in [0.05, 0.1) is 11.9 Å². The van der Waals surface area contributed by atoms with Crippen molar-refractivity contribution in [2.45, 2.75) is 26.3 Å². The maximum absolute atomic E-state index is 11.9. The average molecular weight is 334 g/mol. The maximum atomic E-state index is 11.9. The Hall–Kier alpha value is -2.27. The molecule has 0 aliphatic heterocycles. The first-order valence-corrected chi connectivity index (χ1v) is 7.62. The van der Waals surface area contributed by atoms with Gasteiger partial charge < -0.3 is 15.4 Å². The highest BCUT2D eigenvalue weighted by atomic mass is 35.5. The third-order valence-electron chi connectivity index (χ3n) is 2.73. The zero-order valence-corrected chi connectivity index (χ0v) is 14.1. The van der Waals surface area contributed by atoms with Crippen molar-refractivity contribution < 1.29 is 9.53 Å². The van der Waals surface area contributed by atoms with Crippen LogP contribution >= 0.6 is 11.6 Å². The van der Waals surface area contributed by atoms with Crippen molar-refractivity contribution in [3.05, 3.63) is 47.6 Å². The number of ether oxygens (including phenoxy) is 1. The fourth-order valence-electron chi connectivity index (χ4n) is 1.80. The number of rotatable bonds is 5. The summed E-state index contributed by atoms with van der Waals surface area (Å²) in [7, 11) is 0. The van der Waals surface area contributed by atoms with Crippen molar-refractivity contribution >= 4 is 29.0 Å². The Morgan fingerprint density at radius 3 is 2.43 bits per heavy atom. The molecule has 2 N–H and O–H groups in total. The topological polar surface area (TPSA) is 63.2 Å². The van der Waals surface area contributed by atoms with Gasteiger partial charge in [-0.3, -0.25) is 4.79 Å². The zero-order chi connectivity index (χ0) is 16.9. The van der Waals surface area contributed by atoms with E-state index in [-0.39, 0.29) is 18.1 Å². The highest BCUT2D eigenvalue weighted by molar-refractivity contribution is 6.30. The summed E-state index contributed by atoms with van der Waals surface area (Å²) in [4.78, 5) is 16.1. The third-order valence-corrected chi connectivity index (χ3v) is 2.99. The van der Waals surface area contributed by atoms with Crippen LogP contribution in [0.2, 0.25) is 5.02 Å². The van der Waals surface area contributed by atoms with Crippen LogP contribution in [0.4, 0.5) is 11.5 Å². The van der Waals surface area contributed by atoms with Gasteiger partial charge >= 0.3 is 0 Å². The molecule has 0 aliphatic carbocycles. The predicted octanol–water partition coefficient (Wildman–Crippen LogP) is 3.96. The van der Waals surface area contributed by atoms with Gasteiger partial charge in [-0.1, -0.05) is 11.6 Å². The van der Waals surface area contributed by atoms with Gasteiger partial charge in [0.25, 0.3) is 5.91 Å². The minimum Gasteiger partial charge on any atom is -0.484 e. The van der Waals surface area contributed by atoms with Crippen LogP contribution in [0.5, 0.6) is 5.75 Å². The highest BCUT2D eigenvalue weighted by Crippen LogP contribution is 2.16. The number of carbonyl (C=O) groups is 1. The van der Waals surface area contributed by atoms with Gasteiger partial charge in [-0.2, -0.15) is 0 Å². The number of nitrogens with zero attached hydrogens (tertiary/aromatic N) is 1. The monoisotopic (exact) mass is 333 g/mol. The first kappa shape index (κ1) is 17.1. The molecule has 0 saturated heterocycles. The fourth-order valence-corrected chi connectivity index (χ4v) is 1.93. The Morgan fingerprint density at radius 1 is 1.17 bits per heavy atom. The van der Waals surface area contributed by atoms with Crippen LogP contribution in [0.1, 0.15) is 20.8 Å². The van der Waals surface area contributed by atoms with Crippen molar-refractivity contribution in [2.24, 2.45) is 0 Å². The minimum absolute atomic E-state index is 0.0653. The first-order valence-electron chi connectivity index (χ1n) is 7.24. The smallest absolute Gasteiger partial charge is 0.262 e. The van der Waals surface area contributed by atoms with Crippen LogP contribution in [0, 0.1) is 0 Å². The van der Waals surface area contributed by atoms with Crippen LogP contribution in [0.3, 0.4) is 0 Å². The quantitative estimate of drug-likeness (QED) is 0.869. The molecule has 0 radical (unpaired) electrons. The van der Waals surface area contributed by atoms with Gasteiger partial charge in [-0.05, 0) is 57.2 Å². The molecule has 1 amide bonds. The molecular weight excluding hydrogens is 314 g/mol. The van der Waals surface area contributed by atoms with Crippen LogP contribution in [-0.2, 0) is 4.79 Å². The van der Waals surface area contributed by atoms with Crippen LogP contribution in [0.25, 0.3) is 0 Å². The van der Waals surface area contributed by atoms with Crippen molar-refractivity contribution in [1.29, 1.82) is 0 Å². The lowest BCUT2D eigenvalue weighted by Crippen LogP contribution is -2.26. The number of halogens is 1. The van der Waals surface area contributed by atoms with E-state index in [1.165, 1.54) is 0 Å². The third kappa shape index (κ3) is 6.16. The number of carbonyl (C=O) groups excluding carboxylic acids is 1. The number of aromatic nitrogens is 1. The van der Waals surface area contributed by atoms with Crippen LogP contribution in [0.15, 0.2) is 42.6 Å². The van der Waals surface area contributed by atoms with Crippen LogP contribution in [-0.4, -0.2) is 23.0 Å². The molecule has 0 spiro atoms. The molecule has 122 valence electrons. The van der Waals surface area contributed by atoms with E-state index in [9.17, 15) is 4.79 Å². The standard InChI is InChI=1S/C17H20ClN3O2/c1-17(2,3)21-15-9-6-13(10-19-15)20-16(22)11-23-14-7-4-12(18)5-8-14/h4-10H,11H2,1-3H3,(H,19,21)(H,20,22). The fraction of sp³-hybridized carbons (Fsp3) is 0.294. The van der Waals surface area contributed by atoms with Crippen molar-refractivity contribution in [3.63, 3.8) is 0 Å². The van der Waals surface area contributed by atoms with Gasteiger partial charge in [-0.15, -0.1) is 0 Å². The van der Waals surface area contributed by atoms with Crippen LogP contribution < -0.4 is 15.4 Å². The Kier molecular flexibility index (Phi) is 5.45. The van der Waals surface area contributed by atoms with Gasteiger partial charge in [-0.25, -0.2) is 4.98 Å². The van der Waals surface area contributed by atoms with Crippen molar-refractivity contribution in [3.8, 4) is 5.75 Å². The molecule has 0 atom stereocenters. The Balaban J connectivity index is 1.84. The summed E-state index contributed by atoms with van der Waals surface area (Å²) >= 11 is 5.79. The molecule has 23 heavy (non-hydrogen) atoms. The van der Waals surface area contributed by atoms with E-state index in [0.717, 1.165) is 5.82 Å². The van der Waals surface area contributed by atoms with Gasteiger partial charge in [0.15, 0.2) is 6.61 Å². The molecule has 2 aromatic rings. The van der Waals surface area contributed by atoms with Crippen molar-refractivity contribution in [1.82, 2.24) is 4.98 Å². The lowest BCUT2D eigenvalue weighted by molar-refractivity contribution is -0.118. The summed E-state index contributed by atoms with van der Waals surface area (Å²) in [5.74, 6) is 1.10. The summed E-state index contributed by atoms with van der Waals surface area (Å²) < 4.78 is 5.38. The summed E-state index contributed by atoms with van der Waals surface area (Å²) in [6, 6.07) is 10.5. The number of anilines is 2. The van der Waals surface area contributed by atoms with E-state index < -0.39 is 0 Å². The van der Waals surface area contributed by atoms with Gasteiger partial charge in [0.1, 0.15) is 11.6 Å². The van der Waals surface area contributed by atoms with E-state index in [1.807, 2.05) is 6.07 Å². The van der Waals surface area contributed by atoms with E-state index in [0.29, 0.717) is 16.5 Å².